The minimum Gasteiger partial charge on any atom is -0.456 e. The fourth-order valence-corrected chi connectivity index (χ4v) is 4.59. The number of fused-ring (bicyclic) bond motifs is 2. The Kier molecular flexibility index (Phi) is 5.85. The van der Waals surface area contributed by atoms with E-state index in [0.29, 0.717) is 30.1 Å². The van der Waals surface area contributed by atoms with Gasteiger partial charge in [-0.2, -0.15) is 5.26 Å². The van der Waals surface area contributed by atoms with Gasteiger partial charge < -0.3 is 20.0 Å². The van der Waals surface area contributed by atoms with Crippen LogP contribution in [0.25, 0.3) is 33.2 Å². The lowest BCUT2D eigenvalue weighted by atomic mass is 10.1. The molecule has 4 heterocycles. The highest BCUT2D eigenvalue weighted by Gasteiger charge is 2.17. The van der Waals surface area contributed by atoms with Gasteiger partial charge in [-0.15, -0.1) is 0 Å². The van der Waals surface area contributed by atoms with Crippen molar-refractivity contribution in [3.8, 4) is 17.4 Å². The molecule has 0 bridgehead atoms. The maximum atomic E-state index is 9.84. The lowest BCUT2D eigenvalue weighted by Gasteiger charge is -2.14. The molecule has 0 unspecified atom stereocenters. The van der Waals surface area contributed by atoms with Gasteiger partial charge in [-0.05, 0) is 66.6 Å². The largest absolute Gasteiger partial charge is 0.456 e. The molecule has 0 saturated carbocycles. The van der Waals surface area contributed by atoms with E-state index in [2.05, 4.69) is 56.8 Å². The molecule has 0 aliphatic heterocycles. The van der Waals surface area contributed by atoms with Gasteiger partial charge in [0, 0.05) is 59.9 Å². The number of hydrogen-bond acceptors (Lipinski definition) is 6. The molecule has 7 nitrogen and oxygen atoms in total. The molecule has 0 saturated heterocycles. The first-order valence-electron chi connectivity index (χ1n) is 12.0. The summed E-state index contributed by atoms with van der Waals surface area (Å²) in [7, 11) is 0. The van der Waals surface area contributed by atoms with Crippen LogP contribution in [0.1, 0.15) is 22.4 Å². The molecule has 0 aliphatic rings. The molecule has 0 fully saturated rings. The fourth-order valence-electron chi connectivity index (χ4n) is 4.59. The van der Waals surface area contributed by atoms with Crippen LogP contribution in [0.2, 0.25) is 0 Å². The van der Waals surface area contributed by atoms with E-state index in [1.165, 1.54) is 0 Å². The molecule has 0 spiro atoms. The number of furan rings is 1. The van der Waals surface area contributed by atoms with Crippen LogP contribution in [-0.4, -0.2) is 15.0 Å². The van der Waals surface area contributed by atoms with Crippen LogP contribution in [-0.2, 0) is 13.1 Å². The molecule has 0 aliphatic carbocycles. The van der Waals surface area contributed by atoms with E-state index in [9.17, 15) is 5.26 Å². The summed E-state index contributed by atoms with van der Waals surface area (Å²) in [5.74, 6) is 0.654. The standard InChI is InChI=1S/C30H24N6O/c1-19-24-9-11-35-27(24)7-6-26(19)36-30-22(14-31)16-33-18-25(30)29-13-21-12-20(5-8-28(21)37-29)15-32-17-23-4-2-3-10-34-23/h2-13,16,18,32,35H,15,17H2,1H3,(H,33,36). The van der Waals surface area contributed by atoms with Crippen LogP contribution in [0.4, 0.5) is 11.4 Å². The Morgan fingerprint density at radius 3 is 2.84 bits per heavy atom. The zero-order valence-electron chi connectivity index (χ0n) is 20.2. The molecule has 4 aromatic heterocycles. The molecular weight excluding hydrogens is 460 g/mol. The van der Waals surface area contributed by atoms with Crippen LogP contribution in [0.5, 0.6) is 0 Å². The number of aromatic amines is 1. The van der Waals surface area contributed by atoms with Gasteiger partial charge in [-0.25, -0.2) is 0 Å². The first-order valence-corrected chi connectivity index (χ1v) is 12.0. The van der Waals surface area contributed by atoms with Crippen LogP contribution in [0.3, 0.4) is 0 Å². The number of nitrogens with one attached hydrogen (secondary N) is 3. The Bertz CT molecular complexity index is 1760. The van der Waals surface area contributed by atoms with Crippen LogP contribution in [0.15, 0.2) is 89.9 Å². The molecule has 3 N–H and O–H groups in total. The summed E-state index contributed by atoms with van der Waals surface area (Å²) in [5, 5.41) is 18.9. The molecule has 6 aromatic rings. The van der Waals surface area contributed by atoms with Crippen molar-refractivity contribution in [3.63, 3.8) is 0 Å². The van der Waals surface area contributed by atoms with Crippen molar-refractivity contribution < 1.29 is 4.42 Å². The SMILES string of the molecule is Cc1c(Nc2c(C#N)cncc2-c2cc3cc(CNCc4ccccn4)ccc3o2)ccc2[nH]ccc12. The number of aryl methyl sites for hydroxylation is 1. The van der Waals surface area contributed by atoms with Crippen molar-refractivity contribution in [3.05, 3.63) is 108 Å². The summed E-state index contributed by atoms with van der Waals surface area (Å²) >= 11 is 0. The first-order chi connectivity index (χ1) is 18.2. The van der Waals surface area contributed by atoms with Crippen LogP contribution < -0.4 is 10.6 Å². The highest BCUT2D eigenvalue weighted by atomic mass is 16.3. The van der Waals surface area contributed by atoms with Crippen molar-refractivity contribution in [2.45, 2.75) is 20.0 Å². The van der Waals surface area contributed by atoms with Gasteiger partial charge in [-0.3, -0.25) is 9.97 Å². The van der Waals surface area contributed by atoms with Crippen molar-refractivity contribution in [2.24, 2.45) is 0 Å². The summed E-state index contributed by atoms with van der Waals surface area (Å²) in [5.41, 5.74) is 7.88. The molecule has 6 rings (SSSR count). The van der Waals surface area contributed by atoms with E-state index < -0.39 is 0 Å². The number of rotatable bonds is 7. The second-order valence-electron chi connectivity index (χ2n) is 8.93. The summed E-state index contributed by atoms with van der Waals surface area (Å²) in [6, 6.07) is 22.4. The minimum atomic E-state index is 0.450. The second kappa shape index (κ2) is 9.61. The third-order valence-electron chi connectivity index (χ3n) is 6.54. The van der Waals surface area contributed by atoms with Gasteiger partial charge in [0.05, 0.1) is 22.5 Å². The Labute approximate surface area is 213 Å². The monoisotopic (exact) mass is 484 g/mol. The Morgan fingerprint density at radius 1 is 1.03 bits per heavy atom. The second-order valence-corrected chi connectivity index (χ2v) is 8.93. The summed E-state index contributed by atoms with van der Waals surface area (Å²) in [4.78, 5) is 11.9. The number of benzene rings is 2. The van der Waals surface area contributed by atoms with E-state index in [-0.39, 0.29) is 0 Å². The van der Waals surface area contributed by atoms with Crippen LogP contribution in [0, 0.1) is 18.3 Å². The Morgan fingerprint density at radius 2 is 1.97 bits per heavy atom. The average Bonchev–Trinajstić information content (AvgIpc) is 3.58. The number of hydrogen-bond donors (Lipinski definition) is 3. The fraction of sp³-hybridized carbons (Fsp3) is 0.100. The molecule has 0 atom stereocenters. The molecule has 180 valence electrons. The minimum absolute atomic E-state index is 0.450. The zero-order valence-corrected chi connectivity index (χ0v) is 20.2. The van der Waals surface area contributed by atoms with E-state index in [1.54, 1.807) is 18.6 Å². The van der Waals surface area contributed by atoms with Crippen molar-refractivity contribution in [1.29, 1.82) is 5.26 Å². The summed E-state index contributed by atoms with van der Waals surface area (Å²) in [6.45, 7) is 3.48. The number of aromatic nitrogens is 3. The zero-order chi connectivity index (χ0) is 25.2. The maximum absolute atomic E-state index is 9.84. The quantitative estimate of drug-likeness (QED) is 0.236. The number of anilines is 2. The predicted octanol–water partition coefficient (Wildman–Crippen LogP) is 6.58. The summed E-state index contributed by atoms with van der Waals surface area (Å²) < 4.78 is 6.22. The molecule has 7 heteroatoms. The normalized spacial score (nSPS) is 11.1. The van der Waals surface area contributed by atoms with Crippen molar-refractivity contribution >= 4 is 33.2 Å². The van der Waals surface area contributed by atoms with Crippen LogP contribution >= 0.6 is 0 Å². The van der Waals surface area contributed by atoms with E-state index >= 15 is 0 Å². The molecule has 2 aromatic carbocycles. The van der Waals surface area contributed by atoms with Gasteiger partial charge in [0.2, 0.25) is 0 Å². The third-order valence-corrected chi connectivity index (χ3v) is 6.54. The van der Waals surface area contributed by atoms with Crippen molar-refractivity contribution in [2.75, 3.05) is 5.32 Å². The predicted molar refractivity (Wildman–Crippen MR) is 145 cm³/mol. The maximum Gasteiger partial charge on any atom is 0.139 e. The molecular formula is C30H24N6O. The van der Waals surface area contributed by atoms with Gasteiger partial charge in [0.15, 0.2) is 0 Å². The van der Waals surface area contributed by atoms with Gasteiger partial charge in [-0.1, -0.05) is 12.1 Å². The molecule has 0 amide bonds. The first kappa shape index (κ1) is 22.5. The molecule has 0 radical (unpaired) electrons. The average molecular weight is 485 g/mol. The lowest BCUT2D eigenvalue weighted by molar-refractivity contribution is 0.631. The van der Waals surface area contributed by atoms with Crippen molar-refractivity contribution in [1.82, 2.24) is 20.3 Å². The van der Waals surface area contributed by atoms with Gasteiger partial charge in [0.25, 0.3) is 0 Å². The number of nitriles is 1. The lowest BCUT2D eigenvalue weighted by Crippen LogP contribution is -2.13. The van der Waals surface area contributed by atoms with Gasteiger partial charge in [0.1, 0.15) is 17.4 Å². The van der Waals surface area contributed by atoms with E-state index in [1.807, 2.05) is 48.7 Å². The topological polar surface area (TPSA) is 103 Å². The third kappa shape index (κ3) is 4.42. The number of H-pyrrole nitrogens is 1. The summed E-state index contributed by atoms with van der Waals surface area (Å²) in [6.07, 6.45) is 7.04. The Hall–Kier alpha value is -4.93. The smallest absolute Gasteiger partial charge is 0.139 e. The van der Waals surface area contributed by atoms with E-state index in [0.717, 1.165) is 49.9 Å². The number of pyridine rings is 2. The highest BCUT2D eigenvalue weighted by molar-refractivity contribution is 5.92. The van der Waals surface area contributed by atoms with E-state index in [4.69, 9.17) is 4.42 Å². The number of nitrogens with zero attached hydrogens (tertiary/aromatic N) is 3. The highest BCUT2D eigenvalue weighted by Crippen LogP contribution is 2.37. The van der Waals surface area contributed by atoms with Gasteiger partial charge >= 0.3 is 0 Å². The Balaban J connectivity index is 1.31. The molecule has 37 heavy (non-hydrogen) atoms.